The van der Waals surface area contributed by atoms with Gasteiger partial charge in [-0.25, -0.2) is 0 Å². The molecule has 0 atom stereocenters. The molecule has 2 N–H and O–H groups in total. The van der Waals surface area contributed by atoms with Gasteiger partial charge in [-0.2, -0.15) is 0 Å². The van der Waals surface area contributed by atoms with Gasteiger partial charge >= 0.3 is 0 Å². The Bertz CT molecular complexity index is 960. The zero-order valence-corrected chi connectivity index (χ0v) is 19.1. The molecule has 0 spiro atoms. The number of nitrogens with one attached hydrogen (secondary N) is 2. The Kier molecular flexibility index (Phi) is 7.70. The van der Waals surface area contributed by atoms with E-state index in [0.29, 0.717) is 54.8 Å². The second-order valence-electron chi connectivity index (χ2n) is 6.99. The molecule has 2 aromatic rings. The zero-order valence-electron chi connectivity index (χ0n) is 17.5. The number of para-hydroxylation sites is 1. The first kappa shape index (κ1) is 22.8. The van der Waals surface area contributed by atoms with Gasteiger partial charge in [-0.05, 0) is 55.5 Å². The summed E-state index contributed by atoms with van der Waals surface area (Å²) < 4.78 is 5.39. The molecule has 0 aliphatic carbocycles. The van der Waals surface area contributed by atoms with E-state index in [4.69, 9.17) is 28.6 Å². The Balaban J connectivity index is 1.67. The number of hydrogen-bond donors (Lipinski definition) is 2. The van der Waals surface area contributed by atoms with Crippen molar-refractivity contribution in [2.45, 2.75) is 13.8 Å². The average Bonchev–Trinajstić information content (AvgIpc) is 2.74. The normalized spacial score (nSPS) is 13.5. The van der Waals surface area contributed by atoms with Crippen LogP contribution in [0.3, 0.4) is 0 Å². The monoisotopic (exact) mass is 460 g/mol. The maximum Gasteiger partial charge on any atom is 0.257 e. The van der Waals surface area contributed by atoms with E-state index >= 15 is 0 Å². The fraction of sp³-hybridized carbons (Fsp3) is 0.318. The van der Waals surface area contributed by atoms with Crippen LogP contribution in [0.4, 0.5) is 11.4 Å². The van der Waals surface area contributed by atoms with Gasteiger partial charge in [0.05, 0.1) is 23.0 Å². The standard InChI is InChI=1S/C22H25ClN4O3S/c1-3-30-17-9-7-16(8-10-17)21(29)25-22(31)24-19-6-4-5-18(23)20(19)27-13-11-26(12-14-27)15(2)28/h4-10H,3,11-14H2,1-2H3,(H2,24,25,29,31). The van der Waals surface area contributed by atoms with Crippen LogP contribution in [0.5, 0.6) is 5.75 Å². The number of piperazine rings is 1. The van der Waals surface area contributed by atoms with Gasteiger partial charge < -0.3 is 19.9 Å². The molecule has 9 heteroatoms. The molecule has 31 heavy (non-hydrogen) atoms. The second kappa shape index (κ2) is 10.5. The van der Waals surface area contributed by atoms with Crippen molar-refractivity contribution in [2.75, 3.05) is 43.0 Å². The number of carbonyl (C=O) groups is 2. The summed E-state index contributed by atoms with van der Waals surface area (Å²) in [6.07, 6.45) is 0. The van der Waals surface area contributed by atoms with Gasteiger partial charge in [0.15, 0.2) is 5.11 Å². The number of rotatable bonds is 5. The van der Waals surface area contributed by atoms with E-state index in [-0.39, 0.29) is 16.9 Å². The predicted octanol–water partition coefficient (Wildman–Crippen LogP) is 3.53. The maximum absolute atomic E-state index is 12.5. The van der Waals surface area contributed by atoms with Crippen molar-refractivity contribution in [3.05, 3.63) is 53.1 Å². The summed E-state index contributed by atoms with van der Waals surface area (Å²) in [6.45, 7) is 6.59. The Morgan fingerprint density at radius 3 is 2.39 bits per heavy atom. The van der Waals surface area contributed by atoms with Crippen molar-refractivity contribution in [3.63, 3.8) is 0 Å². The minimum absolute atomic E-state index is 0.0651. The van der Waals surface area contributed by atoms with E-state index in [1.165, 1.54) is 0 Å². The van der Waals surface area contributed by atoms with Crippen molar-refractivity contribution in [1.82, 2.24) is 10.2 Å². The molecule has 2 aromatic carbocycles. The van der Waals surface area contributed by atoms with Crippen LogP contribution in [0.2, 0.25) is 5.02 Å². The third-order valence-electron chi connectivity index (χ3n) is 4.93. The fourth-order valence-electron chi connectivity index (χ4n) is 3.38. The Hall–Kier alpha value is -2.84. The number of anilines is 2. The summed E-state index contributed by atoms with van der Waals surface area (Å²) in [7, 11) is 0. The fourth-order valence-corrected chi connectivity index (χ4v) is 3.88. The maximum atomic E-state index is 12.5. The summed E-state index contributed by atoms with van der Waals surface area (Å²) >= 11 is 11.8. The van der Waals surface area contributed by atoms with Crippen molar-refractivity contribution in [2.24, 2.45) is 0 Å². The van der Waals surface area contributed by atoms with Gasteiger partial charge in [0.2, 0.25) is 5.91 Å². The molecule has 0 saturated carbocycles. The summed E-state index contributed by atoms with van der Waals surface area (Å²) in [5.41, 5.74) is 1.96. The number of amides is 2. The number of halogens is 1. The highest BCUT2D eigenvalue weighted by atomic mass is 35.5. The number of nitrogens with zero attached hydrogens (tertiary/aromatic N) is 2. The van der Waals surface area contributed by atoms with Crippen LogP contribution in [-0.4, -0.2) is 54.6 Å². The third-order valence-corrected chi connectivity index (χ3v) is 5.44. The van der Waals surface area contributed by atoms with Crippen molar-refractivity contribution in [1.29, 1.82) is 0 Å². The average molecular weight is 461 g/mol. The number of hydrogen-bond acceptors (Lipinski definition) is 5. The molecule has 2 amide bonds. The summed E-state index contributed by atoms with van der Waals surface area (Å²) in [6, 6.07) is 12.3. The predicted molar refractivity (Wildman–Crippen MR) is 127 cm³/mol. The molecule has 1 heterocycles. The molecule has 7 nitrogen and oxygen atoms in total. The molecule has 0 unspecified atom stereocenters. The van der Waals surface area contributed by atoms with Crippen molar-refractivity contribution >= 4 is 52.1 Å². The highest BCUT2D eigenvalue weighted by Crippen LogP contribution is 2.34. The number of carbonyl (C=O) groups excluding carboxylic acids is 2. The number of benzene rings is 2. The first-order valence-electron chi connectivity index (χ1n) is 10.0. The quantitative estimate of drug-likeness (QED) is 0.665. The van der Waals surface area contributed by atoms with E-state index < -0.39 is 0 Å². The molecule has 3 rings (SSSR count). The highest BCUT2D eigenvalue weighted by Gasteiger charge is 2.23. The van der Waals surface area contributed by atoms with Crippen molar-refractivity contribution in [3.8, 4) is 5.75 Å². The summed E-state index contributed by atoms with van der Waals surface area (Å²) in [5.74, 6) is 0.447. The van der Waals surface area contributed by atoms with E-state index in [1.807, 2.05) is 24.0 Å². The molecule has 1 aliphatic rings. The highest BCUT2D eigenvalue weighted by molar-refractivity contribution is 7.80. The van der Waals surface area contributed by atoms with Crippen LogP contribution in [0.25, 0.3) is 0 Å². The molecule has 1 saturated heterocycles. The Morgan fingerprint density at radius 2 is 1.77 bits per heavy atom. The van der Waals surface area contributed by atoms with Crippen molar-refractivity contribution < 1.29 is 14.3 Å². The minimum Gasteiger partial charge on any atom is -0.494 e. The minimum atomic E-state index is -0.320. The van der Waals surface area contributed by atoms with Gasteiger partial charge in [-0.15, -0.1) is 0 Å². The van der Waals surface area contributed by atoms with Crippen LogP contribution < -0.4 is 20.3 Å². The van der Waals surface area contributed by atoms with Crippen LogP contribution in [-0.2, 0) is 4.79 Å². The molecule has 0 bridgehead atoms. The number of thiocarbonyl (C=S) groups is 1. The van der Waals surface area contributed by atoms with Gasteiger partial charge in [-0.1, -0.05) is 17.7 Å². The lowest BCUT2D eigenvalue weighted by molar-refractivity contribution is -0.129. The van der Waals surface area contributed by atoms with Gasteiger partial charge in [0.25, 0.3) is 5.91 Å². The van der Waals surface area contributed by atoms with Crippen LogP contribution in [0, 0.1) is 0 Å². The van der Waals surface area contributed by atoms with Crippen LogP contribution >= 0.6 is 23.8 Å². The second-order valence-corrected chi connectivity index (χ2v) is 7.81. The largest absolute Gasteiger partial charge is 0.494 e. The molecular weight excluding hydrogens is 436 g/mol. The number of ether oxygens (including phenoxy) is 1. The van der Waals surface area contributed by atoms with Gasteiger partial charge in [-0.3, -0.25) is 14.9 Å². The molecule has 0 aromatic heterocycles. The lowest BCUT2D eigenvalue weighted by atomic mass is 10.2. The summed E-state index contributed by atoms with van der Waals surface area (Å²) in [4.78, 5) is 28.0. The van der Waals surface area contributed by atoms with E-state index in [9.17, 15) is 9.59 Å². The molecule has 0 radical (unpaired) electrons. The molecule has 1 aliphatic heterocycles. The van der Waals surface area contributed by atoms with Crippen LogP contribution in [0.15, 0.2) is 42.5 Å². The van der Waals surface area contributed by atoms with E-state index in [1.54, 1.807) is 37.3 Å². The van der Waals surface area contributed by atoms with E-state index in [0.717, 1.165) is 5.69 Å². The lowest BCUT2D eigenvalue weighted by Crippen LogP contribution is -2.48. The summed E-state index contributed by atoms with van der Waals surface area (Å²) in [5, 5.41) is 6.52. The van der Waals surface area contributed by atoms with E-state index in [2.05, 4.69) is 15.5 Å². The Labute approximate surface area is 192 Å². The molecule has 1 fully saturated rings. The zero-order chi connectivity index (χ0) is 22.4. The first-order valence-corrected chi connectivity index (χ1v) is 10.8. The smallest absolute Gasteiger partial charge is 0.257 e. The Morgan fingerprint density at radius 1 is 1.10 bits per heavy atom. The third kappa shape index (κ3) is 5.86. The molecular formula is C22H25ClN4O3S. The van der Waals surface area contributed by atoms with Gasteiger partial charge in [0, 0.05) is 38.7 Å². The van der Waals surface area contributed by atoms with Crippen LogP contribution in [0.1, 0.15) is 24.2 Å². The topological polar surface area (TPSA) is 73.9 Å². The molecule has 164 valence electrons. The van der Waals surface area contributed by atoms with Gasteiger partial charge in [0.1, 0.15) is 5.75 Å². The first-order chi connectivity index (χ1) is 14.9. The lowest BCUT2D eigenvalue weighted by Gasteiger charge is -2.37. The SMILES string of the molecule is CCOc1ccc(C(=O)NC(=S)Nc2cccc(Cl)c2N2CCN(C(C)=O)CC2)cc1.